The van der Waals surface area contributed by atoms with Gasteiger partial charge >= 0.3 is 5.97 Å². The monoisotopic (exact) mass is 429 g/mol. The Kier molecular flexibility index (Phi) is 11.2. The van der Waals surface area contributed by atoms with Gasteiger partial charge < -0.3 is 5.11 Å². The van der Waals surface area contributed by atoms with Crippen molar-refractivity contribution in [2.75, 3.05) is 11.5 Å². The van der Waals surface area contributed by atoms with Crippen molar-refractivity contribution in [2.24, 2.45) is 0 Å². The van der Waals surface area contributed by atoms with Gasteiger partial charge in [-0.3, -0.25) is 4.79 Å². The van der Waals surface area contributed by atoms with E-state index in [1.54, 1.807) is 0 Å². The van der Waals surface area contributed by atoms with Gasteiger partial charge in [0.15, 0.2) is 0 Å². The number of carboxylic acids is 1. The third-order valence-electron chi connectivity index (χ3n) is 4.52. The van der Waals surface area contributed by atoms with Crippen LogP contribution < -0.4 is 4.72 Å². The molecule has 1 aliphatic carbocycles. The van der Waals surface area contributed by atoms with Crippen molar-refractivity contribution < 1.29 is 18.3 Å². The van der Waals surface area contributed by atoms with Crippen molar-refractivity contribution in [3.05, 3.63) is 34.9 Å². The average Bonchev–Trinajstić information content (AvgIpc) is 3.42. The van der Waals surface area contributed by atoms with Crippen LogP contribution >= 0.6 is 11.8 Å². The summed E-state index contributed by atoms with van der Waals surface area (Å²) < 4.78 is 26.2. The summed E-state index contributed by atoms with van der Waals surface area (Å²) in [5.74, 6) is -0.204. The molecule has 1 aliphatic rings. The number of hydrogen-bond acceptors (Lipinski definition) is 4. The average molecular weight is 430 g/mol. The largest absolute Gasteiger partial charge is 0.480 e. The quantitative estimate of drug-likeness (QED) is 0.310. The molecule has 7 heteroatoms. The fourth-order valence-corrected chi connectivity index (χ4v) is 5.19. The normalized spacial score (nSPS) is 16.7. The van der Waals surface area contributed by atoms with Crippen LogP contribution in [0.25, 0.3) is 0 Å². The molecule has 0 saturated heterocycles. The van der Waals surface area contributed by atoms with Gasteiger partial charge in [-0.25, -0.2) is 8.42 Å². The summed E-state index contributed by atoms with van der Waals surface area (Å²) in [7, 11) is -3.49. The highest BCUT2D eigenvalue weighted by Gasteiger charge is 2.38. The molecule has 1 atom stereocenters. The lowest BCUT2D eigenvalue weighted by Gasteiger charge is -2.13. The first-order valence-electron chi connectivity index (χ1n) is 9.88. The minimum absolute atomic E-state index is 0.231. The highest BCUT2D eigenvalue weighted by atomic mass is 32.2. The fourth-order valence-electron chi connectivity index (χ4n) is 2.55. The van der Waals surface area contributed by atoms with Crippen LogP contribution in [0.15, 0.2) is 34.9 Å². The number of carboxylic acid groups (broad SMARTS) is 1. The molecule has 0 radical (unpaired) electrons. The molecule has 0 unspecified atom stereocenters. The van der Waals surface area contributed by atoms with Gasteiger partial charge in [0.1, 0.15) is 6.04 Å². The molecule has 2 N–H and O–H groups in total. The Labute approximate surface area is 174 Å². The molecular formula is C21H35NO4S2. The molecule has 0 aromatic carbocycles. The van der Waals surface area contributed by atoms with Crippen molar-refractivity contribution >= 4 is 27.8 Å². The van der Waals surface area contributed by atoms with Crippen molar-refractivity contribution in [3.63, 3.8) is 0 Å². The second-order valence-corrected chi connectivity index (χ2v) is 10.8. The maximum Gasteiger partial charge on any atom is 0.322 e. The van der Waals surface area contributed by atoms with Crippen LogP contribution in [0.1, 0.15) is 66.2 Å². The van der Waals surface area contributed by atoms with E-state index < -0.39 is 27.3 Å². The molecule has 1 saturated carbocycles. The molecule has 5 nitrogen and oxygen atoms in total. The van der Waals surface area contributed by atoms with Gasteiger partial charge in [0.25, 0.3) is 0 Å². The third-order valence-corrected chi connectivity index (χ3v) is 7.46. The molecular weight excluding hydrogens is 394 g/mol. The summed E-state index contributed by atoms with van der Waals surface area (Å²) >= 11 is 1.44. The Morgan fingerprint density at radius 3 is 2.18 bits per heavy atom. The summed E-state index contributed by atoms with van der Waals surface area (Å²) in [4.78, 5) is 11.3. The molecule has 0 amide bonds. The number of allylic oxidation sites excluding steroid dienone is 5. The molecule has 0 spiro atoms. The summed E-state index contributed by atoms with van der Waals surface area (Å²) in [6, 6.07) is -1.06. The van der Waals surface area contributed by atoms with Crippen molar-refractivity contribution in [1.29, 1.82) is 0 Å². The van der Waals surface area contributed by atoms with Gasteiger partial charge in [0.2, 0.25) is 10.0 Å². The lowest BCUT2D eigenvalue weighted by Crippen LogP contribution is -2.44. The van der Waals surface area contributed by atoms with Gasteiger partial charge in [-0.15, -0.1) is 0 Å². The number of sulfonamides is 1. The first kappa shape index (κ1) is 25.0. The number of carbonyl (C=O) groups is 1. The second kappa shape index (κ2) is 12.5. The van der Waals surface area contributed by atoms with Gasteiger partial charge in [-0.1, -0.05) is 34.9 Å². The van der Waals surface area contributed by atoms with E-state index in [1.807, 2.05) is 0 Å². The van der Waals surface area contributed by atoms with Crippen LogP contribution in [-0.4, -0.2) is 42.3 Å². The molecule has 0 aromatic rings. The number of aliphatic carboxylic acids is 1. The number of rotatable bonds is 14. The van der Waals surface area contributed by atoms with Crippen LogP contribution in [0.2, 0.25) is 0 Å². The zero-order valence-electron chi connectivity index (χ0n) is 17.5. The summed E-state index contributed by atoms with van der Waals surface area (Å²) in [5, 5.41) is 8.84. The standard InChI is InChI=1S/C21H35NO4S2/c1-16(2)7-5-8-17(3)9-6-10-18(4)13-14-27-15-20(21(23)24)22-28(25,26)19-11-12-19/h7,9,13,19-20,22H,5-6,8,10-12,14-15H2,1-4H3,(H,23,24)/t20-/m0/s1. The molecule has 28 heavy (non-hydrogen) atoms. The van der Waals surface area contributed by atoms with E-state index in [1.165, 1.54) is 28.5 Å². The first-order valence-corrected chi connectivity index (χ1v) is 12.6. The predicted octanol–water partition coefficient (Wildman–Crippen LogP) is 4.67. The number of nitrogens with one attached hydrogen (secondary N) is 1. The van der Waals surface area contributed by atoms with E-state index in [4.69, 9.17) is 0 Å². The Balaban J connectivity index is 2.30. The van der Waals surface area contributed by atoms with E-state index in [0.717, 1.165) is 25.7 Å². The van der Waals surface area contributed by atoms with E-state index in [0.29, 0.717) is 18.6 Å². The zero-order valence-corrected chi connectivity index (χ0v) is 19.2. The third kappa shape index (κ3) is 11.1. The number of thioether (sulfide) groups is 1. The van der Waals surface area contributed by atoms with Crippen LogP contribution in [0.4, 0.5) is 0 Å². The first-order chi connectivity index (χ1) is 13.1. The van der Waals surface area contributed by atoms with Crippen LogP contribution in [0.5, 0.6) is 0 Å². The maximum atomic E-state index is 11.9. The number of hydrogen-bond donors (Lipinski definition) is 2. The predicted molar refractivity (Wildman–Crippen MR) is 119 cm³/mol. The minimum atomic E-state index is -3.49. The van der Waals surface area contributed by atoms with E-state index >= 15 is 0 Å². The Morgan fingerprint density at radius 1 is 1.07 bits per heavy atom. The molecule has 1 fully saturated rings. The van der Waals surface area contributed by atoms with Crippen LogP contribution in [0, 0.1) is 0 Å². The van der Waals surface area contributed by atoms with Gasteiger partial charge in [0, 0.05) is 11.5 Å². The zero-order chi connectivity index (χ0) is 21.2. The van der Waals surface area contributed by atoms with Crippen molar-refractivity contribution in [3.8, 4) is 0 Å². The summed E-state index contributed by atoms with van der Waals surface area (Å²) in [5.41, 5.74) is 4.03. The van der Waals surface area contributed by atoms with Gasteiger partial charge in [-0.05, 0) is 66.2 Å². The summed E-state index contributed by atoms with van der Waals surface area (Å²) in [6.45, 7) is 8.48. The van der Waals surface area contributed by atoms with Crippen LogP contribution in [-0.2, 0) is 14.8 Å². The molecule has 1 rings (SSSR count). The maximum absolute atomic E-state index is 11.9. The molecule has 0 bridgehead atoms. The molecule has 160 valence electrons. The minimum Gasteiger partial charge on any atom is -0.480 e. The highest BCUT2D eigenvalue weighted by molar-refractivity contribution is 7.99. The van der Waals surface area contributed by atoms with E-state index in [9.17, 15) is 18.3 Å². The highest BCUT2D eigenvalue weighted by Crippen LogP contribution is 2.27. The fraction of sp³-hybridized carbons (Fsp3) is 0.667. The molecule has 0 heterocycles. The summed E-state index contributed by atoms with van der Waals surface area (Å²) in [6.07, 6.45) is 12.1. The van der Waals surface area contributed by atoms with Crippen molar-refractivity contribution in [1.82, 2.24) is 4.72 Å². The molecule has 0 aromatic heterocycles. The Hall–Kier alpha value is -1.05. The van der Waals surface area contributed by atoms with Crippen molar-refractivity contribution in [2.45, 2.75) is 77.5 Å². The molecule has 0 aliphatic heterocycles. The lowest BCUT2D eigenvalue weighted by atomic mass is 10.1. The van der Waals surface area contributed by atoms with E-state index in [-0.39, 0.29) is 5.75 Å². The second-order valence-electron chi connectivity index (χ2n) is 7.75. The van der Waals surface area contributed by atoms with Crippen LogP contribution in [0.3, 0.4) is 0 Å². The topological polar surface area (TPSA) is 83.5 Å². The lowest BCUT2D eigenvalue weighted by molar-refractivity contribution is -0.138. The Bertz CT molecular complexity index is 700. The van der Waals surface area contributed by atoms with Gasteiger partial charge in [0.05, 0.1) is 5.25 Å². The smallest absolute Gasteiger partial charge is 0.322 e. The Morgan fingerprint density at radius 2 is 1.64 bits per heavy atom. The van der Waals surface area contributed by atoms with E-state index in [2.05, 4.69) is 50.6 Å². The van der Waals surface area contributed by atoms with Gasteiger partial charge in [-0.2, -0.15) is 16.5 Å². The SMILES string of the molecule is CC(C)=CCCC(C)=CCCC(C)=CCSC[C@H](NS(=O)(=O)C1CC1)C(=O)O.